The van der Waals surface area contributed by atoms with E-state index >= 15 is 0 Å². The van der Waals surface area contributed by atoms with Gasteiger partial charge in [-0.25, -0.2) is 0 Å². The number of amides is 1. The topological polar surface area (TPSA) is 40.5 Å². The Morgan fingerprint density at radius 3 is 2.29 bits per heavy atom. The standard InChI is InChI=1S/C11H19NO2/c13-8-9-2-4-10(5-3-9)11(14)12-6-1-7-12/h9-10,13H,1-8H2. The zero-order chi connectivity index (χ0) is 9.97. The van der Waals surface area contributed by atoms with Crippen molar-refractivity contribution in [3.63, 3.8) is 0 Å². The first-order valence-corrected chi connectivity index (χ1v) is 5.71. The van der Waals surface area contributed by atoms with Crippen LogP contribution in [0.4, 0.5) is 0 Å². The normalized spacial score (nSPS) is 32.5. The van der Waals surface area contributed by atoms with Crippen molar-refractivity contribution < 1.29 is 9.90 Å². The Bertz CT molecular complexity index is 205. The molecule has 3 nitrogen and oxygen atoms in total. The van der Waals surface area contributed by atoms with Gasteiger partial charge >= 0.3 is 0 Å². The fourth-order valence-electron chi connectivity index (χ4n) is 2.39. The molecule has 2 rings (SSSR count). The monoisotopic (exact) mass is 197 g/mol. The molecule has 1 aliphatic heterocycles. The lowest BCUT2D eigenvalue weighted by Gasteiger charge is -2.36. The number of carbonyl (C=O) groups excluding carboxylic acids is 1. The minimum atomic E-state index is 0.262. The highest BCUT2D eigenvalue weighted by atomic mass is 16.3. The highest BCUT2D eigenvalue weighted by molar-refractivity contribution is 5.79. The van der Waals surface area contributed by atoms with E-state index in [1.54, 1.807) is 0 Å². The summed E-state index contributed by atoms with van der Waals surface area (Å²) in [6.45, 7) is 2.24. The second-order valence-electron chi connectivity index (χ2n) is 4.58. The number of carbonyl (C=O) groups is 1. The molecule has 0 spiro atoms. The third kappa shape index (κ3) is 1.92. The van der Waals surface area contributed by atoms with E-state index in [9.17, 15) is 4.79 Å². The van der Waals surface area contributed by atoms with Crippen molar-refractivity contribution in [1.29, 1.82) is 0 Å². The molecular weight excluding hydrogens is 178 g/mol. The van der Waals surface area contributed by atoms with Crippen LogP contribution < -0.4 is 0 Å². The van der Waals surface area contributed by atoms with Gasteiger partial charge in [0, 0.05) is 25.6 Å². The van der Waals surface area contributed by atoms with Crippen LogP contribution in [0.3, 0.4) is 0 Å². The first kappa shape index (κ1) is 9.97. The molecule has 3 heteroatoms. The van der Waals surface area contributed by atoms with Gasteiger partial charge in [-0.15, -0.1) is 0 Å². The van der Waals surface area contributed by atoms with Gasteiger partial charge in [-0.1, -0.05) is 0 Å². The van der Waals surface area contributed by atoms with Crippen molar-refractivity contribution in [2.75, 3.05) is 19.7 Å². The maximum absolute atomic E-state index is 11.8. The zero-order valence-electron chi connectivity index (χ0n) is 8.61. The van der Waals surface area contributed by atoms with Crippen molar-refractivity contribution in [3.05, 3.63) is 0 Å². The fourth-order valence-corrected chi connectivity index (χ4v) is 2.39. The molecular formula is C11H19NO2. The van der Waals surface area contributed by atoms with Crippen LogP contribution in [0, 0.1) is 11.8 Å². The molecule has 14 heavy (non-hydrogen) atoms. The van der Waals surface area contributed by atoms with Gasteiger partial charge in [0.2, 0.25) is 5.91 Å². The number of rotatable bonds is 2. The summed E-state index contributed by atoms with van der Waals surface area (Å²) < 4.78 is 0. The van der Waals surface area contributed by atoms with Crippen LogP contribution in [0.15, 0.2) is 0 Å². The summed E-state index contributed by atoms with van der Waals surface area (Å²) >= 11 is 0. The van der Waals surface area contributed by atoms with E-state index < -0.39 is 0 Å². The molecule has 80 valence electrons. The lowest BCUT2D eigenvalue weighted by Crippen LogP contribution is -2.46. The van der Waals surface area contributed by atoms with E-state index in [0.29, 0.717) is 18.4 Å². The first-order valence-electron chi connectivity index (χ1n) is 5.71. The van der Waals surface area contributed by atoms with E-state index in [2.05, 4.69) is 0 Å². The molecule has 1 N–H and O–H groups in total. The van der Waals surface area contributed by atoms with E-state index in [0.717, 1.165) is 38.8 Å². The molecule has 0 bridgehead atoms. The number of nitrogens with zero attached hydrogens (tertiary/aromatic N) is 1. The predicted octanol–water partition coefficient (Wildman–Crippen LogP) is 1.02. The first-order chi connectivity index (χ1) is 6.81. The van der Waals surface area contributed by atoms with Gasteiger partial charge in [0.15, 0.2) is 0 Å². The van der Waals surface area contributed by atoms with Gasteiger partial charge < -0.3 is 10.0 Å². The molecule has 0 unspecified atom stereocenters. The highest BCUT2D eigenvalue weighted by Crippen LogP contribution is 2.30. The largest absolute Gasteiger partial charge is 0.396 e. The van der Waals surface area contributed by atoms with Gasteiger partial charge in [-0.3, -0.25) is 4.79 Å². The number of hydrogen-bond donors (Lipinski definition) is 1. The smallest absolute Gasteiger partial charge is 0.225 e. The number of aliphatic hydroxyl groups excluding tert-OH is 1. The van der Waals surface area contributed by atoms with Crippen LogP contribution in [-0.4, -0.2) is 35.6 Å². The molecule has 1 saturated heterocycles. The number of aliphatic hydroxyl groups is 1. The van der Waals surface area contributed by atoms with Gasteiger partial charge in [-0.05, 0) is 38.0 Å². The fraction of sp³-hybridized carbons (Fsp3) is 0.909. The average Bonchev–Trinajstić information content (AvgIpc) is 2.15. The molecule has 2 fully saturated rings. The van der Waals surface area contributed by atoms with E-state index in [-0.39, 0.29) is 5.92 Å². The van der Waals surface area contributed by atoms with Gasteiger partial charge in [0.05, 0.1) is 0 Å². The van der Waals surface area contributed by atoms with Crippen molar-refractivity contribution in [1.82, 2.24) is 4.90 Å². The van der Waals surface area contributed by atoms with Crippen LogP contribution in [0.1, 0.15) is 32.1 Å². The maximum Gasteiger partial charge on any atom is 0.225 e. The van der Waals surface area contributed by atoms with Gasteiger partial charge in [-0.2, -0.15) is 0 Å². The highest BCUT2D eigenvalue weighted by Gasteiger charge is 2.31. The van der Waals surface area contributed by atoms with Gasteiger partial charge in [0.1, 0.15) is 0 Å². The molecule has 1 amide bonds. The molecule has 2 aliphatic rings. The van der Waals surface area contributed by atoms with Crippen LogP contribution >= 0.6 is 0 Å². The zero-order valence-corrected chi connectivity index (χ0v) is 8.61. The Hall–Kier alpha value is -0.570. The Morgan fingerprint density at radius 1 is 1.21 bits per heavy atom. The molecule has 1 saturated carbocycles. The summed E-state index contributed by atoms with van der Waals surface area (Å²) in [5.74, 6) is 1.08. The van der Waals surface area contributed by atoms with Crippen molar-refractivity contribution >= 4 is 5.91 Å². The van der Waals surface area contributed by atoms with Crippen molar-refractivity contribution in [2.45, 2.75) is 32.1 Å². The summed E-state index contributed by atoms with van der Waals surface area (Å²) in [7, 11) is 0. The van der Waals surface area contributed by atoms with Crippen LogP contribution in [0.25, 0.3) is 0 Å². The molecule has 0 aromatic carbocycles. The minimum absolute atomic E-state index is 0.262. The summed E-state index contributed by atoms with van der Waals surface area (Å²) in [6, 6.07) is 0. The predicted molar refractivity (Wildman–Crippen MR) is 53.7 cm³/mol. The third-order valence-electron chi connectivity index (χ3n) is 3.62. The Balaban J connectivity index is 1.79. The second kappa shape index (κ2) is 4.30. The number of hydrogen-bond acceptors (Lipinski definition) is 2. The van der Waals surface area contributed by atoms with E-state index in [4.69, 9.17) is 5.11 Å². The Morgan fingerprint density at radius 2 is 1.86 bits per heavy atom. The van der Waals surface area contributed by atoms with Gasteiger partial charge in [0.25, 0.3) is 0 Å². The molecule has 0 aromatic heterocycles. The molecule has 1 heterocycles. The van der Waals surface area contributed by atoms with E-state index in [1.807, 2.05) is 4.90 Å². The summed E-state index contributed by atoms with van der Waals surface area (Å²) in [5.41, 5.74) is 0. The SMILES string of the molecule is O=C(C1CCC(CO)CC1)N1CCC1. The van der Waals surface area contributed by atoms with Crippen LogP contribution in [0.5, 0.6) is 0 Å². The Labute approximate surface area is 85.1 Å². The lowest BCUT2D eigenvalue weighted by molar-refractivity contribution is -0.140. The third-order valence-corrected chi connectivity index (χ3v) is 3.62. The lowest BCUT2D eigenvalue weighted by atomic mass is 9.81. The van der Waals surface area contributed by atoms with Crippen LogP contribution in [0.2, 0.25) is 0 Å². The maximum atomic E-state index is 11.8. The minimum Gasteiger partial charge on any atom is -0.396 e. The second-order valence-corrected chi connectivity index (χ2v) is 4.58. The average molecular weight is 197 g/mol. The summed E-state index contributed by atoms with van der Waals surface area (Å²) in [6.07, 6.45) is 5.21. The molecule has 0 atom stereocenters. The molecule has 1 aliphatic carbocycles. The quantitative estimate of drug-likeness (QED) is 0.718. The van der Waals surface area contributed by atoms with E-state index in [1.165, 1.54) is 6.42 Å². The van der Waals surface area contributed by atoms with Crippen molar-refractivity contribution in [2.24, 2.45) is 11.8 Å². The summed E-state index contributed by atoms with van der Waals surface area (Å²) in [5, 5.41) is 8.99. The number of likely N-dealkylation sites (tertiary alicyclic amines) is 1. The molecule has 0 aromatic rings. The molecule has 0 radical (unpaired) electrons. The van der Waals surface area contributed by atoms with Crippen LogP contribution in [-0.2, 0) is 4.79 Å². The van der Waals surface area contributed by atoms with Crippen molar-refractivity contribution in [3.8, 4) is 0 Å². The Kier molecular flexibility index (Phi) is 3.06. The summed E-state index contributed by atoms with van der Waals surface area (Å²) in [4.78, 5) is 13.8.